The van der Waals surface area contributed by atoms with Crippen LogP contribution in [0.15, 0.2) is 24.3 Å². The van der Waals surface area contributed by atoms with E-state index in [1.807, 2.05) is 0 Å². The summed E-state index contributed by atoms with van der Waals surface area (Å²) in [6, 6.07) is 5.23. The van der Waals surface area contributed by atoms with E-state index < -0.39 is 11.0 Å². The van der Waals surface area contributed by atoms with Crippen molar-refractivity contribution in [3.8, 4) is 5.75 Å². The average Bonchev–Trinajstić information content (AvgIpc) is 2.30. The van der Waals surface area contributed by atoms with Gasteiger partial charge in [-0.3, -0.25) is 10.1 Å². The van der Waals surface area contributed by atoms with Gasteiger partial charge in [0, 0.05) is 19.2 Å². The molecule has 1 amide bonds. The van der Waals surface area contributed by atoms with Crippen molar-refractivity contribution in [2.24, 2.45) is 0 Å². The molecule has 0 atom stereocenters. The number of carbonyl (C=O) groups excluding carboxylic acids is 1. The molecule has 6 heteroatoms. The first-order valence-electron chi connectivity index (χ1n) is 5.19. The van der Waals surface area contributed by atoms with Crippen molar-refractivity contribution in [2.45, 2.75) is 20.3 Å². The van der Waals surface area contributed by atoms with E-state index in [2.05, 4.69) is 19.2 Å². The quantitative estimate of drug-likeness (QED) is 0.636. The third-order valence-electron chi connectivity index (χ3n) is 1.46. The Balaban J connectivity index is 0.000000770. The zero-order valence-corrected chi connectivity index (χ0v) is 10.1. The largest absolute Gasteiger partial charge is 0.412 e. The van der Waals surface area contributed by atoms with Crippen LogP contribution < -0.4 is 10.1 Å². The Hall–Kier alpha value is -2.11. The maximum atomic E-state index is 10.7. The summed E-state index contributed by atoms with van der Waals surface area (Å²) in [4.78, 5) is 20.5. The molecule has 0 radical (unpaired) electrons. The van der Waals surface area contributed by atoms with Crippen molar-refractivity contribution >= 4 is 11.8 Å². The number of amides is 1. The Morgan fingerprint density at radius 1 is 1.35 bits per heavy atom. The summed E-state index contributed by atoms with van der Waals surface area (Å²) in [7, 11) is 1.42. The number of carbonyl (C=O) groups is 1. The molecule has 0 aliphatic heterocycles. The third kappa shape index (κ3) is 6.14. The monoisotopic (exact) mass is 240 g/mol. The zero-order chi connectivity index (χ0) is 13.3. The van der Waals surface area contributed by atoms with Gasteiger partial charge in [0.05, 0.1) is 4.92 Å². The lowest BCUT2D eigenvalue weighted by Crippen LogP contribution is -2.21. The van der Waals surface area contributed by atoms with Gasteiger partial charge in [-0.05, 0) is 12.1 Å². The molecule has 0 saturated heterocycles. The molecule has 1 aromatic rings. The number of nitrogens with zero attached hydrogens (tertiary/aromatic N) is 1. The van der Waals surface area contributed by atoms with E-state index in [0.717, 1.165) is 0 Å². The number of nitrogens with one attached hydrogen (secondary N) is 1. The van der Waals surface area contributed by atoms with Crippen LogP contribution in [0.3, 0.4) is 0 Å². The fourth-order valence-electron chi connectivity index (χ4n) is 0.794. The van der Waals surface area contributed by atoms with Crippen LogP contribution in [-0.4, -0.2) is 18.1 Å². The molecular weight excluding hydrogens is 224 g/mol. The van der Waals surface area contributed by atoms with E-state index in [1.165, 1.54) is 37.7 Å². The highest BCUT2D eigenvalue weighted by molar-refractivity contribution is 5.69. The predicted octanol–water partition coefficient (Wildman–Crippen LogP) is 2.73. The number of rotatable bonds is 2. The van der Waals surface area contributed by atoms with Crippen LogP contribution in [0.25, 0.3) is 0 Å². The number of hydrogen-bond acceptors (Lipinski definition) is 4. The summed E-state index contributed by atoms with van der Waals surface area (Å²) in [6.45, 7) is 4.25. The van der Waals surface area contributed by atoms with Crippen molar-refractivity contribution in [3.63, 3.8) is 0 Å². The molecule has 0 saturated carbocycles. The lowest BCUT2D eigenvalue weighted by atomic mass is 10.3. The molecular formula is C11H16N2O4. The summed E-state index contributed by atoms with van der Waals surface area (Å²) < 4.78 is 4.73. The molecule has 94 valence electrons. The van der Waals surface area contributed by atoms with Gasteiger partial charge >= 0.3 is 6.09 Å². The second-order valence-corrected chi connectivity index (χ2v) is 3.10. The van der Waals surface area contributed by atoms with E-state index in [0.29, 0.717) is 0 Å². The highest BCUT2D eigenvalue weighted by Gasteiger charge is 2.06. The van der Waals surface area contributed by atoms with E-state index in [9.17, 15) is 14.9 Å². The predicted molar refractivity (Wildman–Crippen MR) is 64.1 cm³/mol. The minimum atomic E-state index is -0.612. The van der Waals surface area contributed by atoms with E-state index in [1.54, 1.807) is 0 Å². The summed E-state index contributed by atoms with van der Waals surface area (Å²) in [5.41, 5.74) is -0.0470. The first-order valence-corrected chi connectivity index (χ1v) is 5.19. The maximum Gasteiger partial charge on any atom is 0.412 e. The standard InChI is InChI=1S/C8H8N2O4.C3H8/c1-9-8(11)14-7-4-2-6(3-5-7)10(12)13;1-3-2/h2-5H,1H3,(H,9,11);3H2,1-2H3. The topological polar surface area (TPSA) is 81.5 Å². The Bertz CT molecular complexity index is 362. The van der Waals surface area contributed by atoms with Gasteiger partial charge < -0.3 is 10.1 Å². The lowest BCUT2D eigenvalue weighted by Gasteiger charge is -2.01. The number of non-ortho nitro benzene ring substituents is 1. The molecule has 0 fully saturated rings. The molecule has 0 heterocycles. The highest BCUT2D eigenvalue weighted by Crippen LogP contribution is 2.17. The molecule has 6 nitrogen and oxygen atoms in total. The Kier molecular flexibility index (Phi) is 7.09. The summed E-state index contributed by atoms with van der Waals surface area (Å²) in [6.07, 6.45) is 0.638. The molecule has 0 aliphatic carbocycles. The number of benzene rings is 1. The number of nitro groups is 1. The zero-order valence-electron chi connectivity index (χ0n) is 10.1. The van der Waals surface area contributed by atoms with Crippen molar-refractivity contribution < 1.29 is 14.5 Å². The Morgan fingerprint density at radius 3 is 2.18 bits per heavy atom. The highest BCUT2D eigenvalue weighted by atomic mass is 16.6. The second kappa shape index (κ2) is 8.09. The summed E-state index contributed by atoms with van der Waals surface area (Å²) in [5, 5.41) is 12.5. The SMILES string of the molecule is CCC.CNC(=O)Oc1ccc([N+](=O)[O-])cc1. The molecule has 17 heavy (non-hydrogen) atoms. The van der Waals surface area contributed by atoms with Gasteiger partial charge in [-0.1, -0.05) is 20.3 Å². The Labute approximate surface area is 99.7 Å². The molecule has 1 N–H and O–H groups in total. The van der Waals surface area contributed by atoms with Crippen LogP contribution in [0, 0.1) is 10.1 Å². The number of nitro benzene ring substituents is 1. The van der Waals surface area contributed by atoms with Gasteiger partial charge in [0.25, 0.3) is 5.69 Å². The van der Waals surface area contributed by atoms with Crippen molar-refractivity contribution in [2.75, 3.05) is 7.05 Å². The fourth-order valence-corrected chi connectivity index (χ4v) is 0.794. The van der Waals surface area contributed by atoms with Gasteiger partial charge in [-0.25, -0.2) is 4.79 Å². The summed E-state index contributed by atoms with van der Waals surface area (Å²) in [5.74, 6) is 0.259. The van der Waals surface area contributed by atoms with Crippen LogP contribution in [0.5, 0.6) is 5.75 Å². The summed E-state index contributed by atoms with van der Waals surface area (Å²) >= 11 is 0. The molecule has 0 bridgehead atoms. The lowest BCUT2D eigenvalue weighted by molar-refractivity contribution is -0.384. The van der Waals surface area contributed by atoms with E-state index >= 15 is 0 Å². The minimum absolute atomic E-state index is 0.0470. The third-order valence-corrected chi connectivity index (χ3v) is 1.46. The molecule has 1 aromatic carbocycles. The molecule has 0 unspecified atom stereocenters. The van der Waals surface area contributed by atoms with Crippen LogP contribution in [0.4, 0.5) is 10.5 Å². The first kappa shape index (κ1) is 14.9. The maximum absolute atomic E-state index is 10.7. The van der Waals surface area contributed by atoms with E-state index in [4.69, 9.17) is 4.74 Å². The van der Waals surface area contributed by atoms with Crippen LogP contribution in [-0.2, 0) is 0 Å². The first-order chi connectivity index (χ1) is 8.04. The van der Waals surface area contributed by atoms with E-state index in [-0.39, 0.29) is 11.4 Å². The number of hydrogen-bond donors (Lipinski definition) is 1. The average molecular weight is 240 g/mol. The second-order valence-electron chi connectivity index (χ2n) is 3.10. The molecule has 1 rings (SSSR count). The minimum Gasteiger partial charge on any atom is -0.410 e. The van der Waals surface area contributed by atoms with Gasteiger partial charge in [-0.2, -0.15) is 0 Å². The normalized spacial score (nSPS) is 8.65. The fraction of sp³-hybridized carbons (Fsp3) is 0.364. The van der Waals surface area contributed by atoms with Crippen molar-refractivity contribution in [3.05, 3.63) is 34.4 Å². The van der Waals surface area contributed by atoms with Gasteiger partial charge in [0.1, 0.15) is 5.75 Å². The number of ether oxygens (including phenoxy) is 1. The van der Waals surface area contributed by atoms with Crippen LogP contribution in [0.2, 0.25) is 0 Å². The van der Waals surface area contributed by atoms with Crippen molar-refractivity contribution in [1.82, 2.24) is 5.32 Å². The van der Waals surface area contributed by atoms with Gasteiger partial charge in [0.15, 0.2) is 0 Å². The van der Waals surface area contributed by atoms with Gasteiger partial charge in [-0.15, -0.1) is 0 Å². The molecule has 0 aromatic heterocycles. The van der Waals surface area contributed by atoms with Gasteiger partial charge in [0.2, 0.25) is 0 Å². The smallest absolute Gasteiger partial charge is 0.410 e. The van der Waals surface area contributed by atoms with Crippen LogP contribution in [0.1, 0.15) is 20.3 Å². The van der Waals surface area contributed by atoms with Crippen LogP contribution >= 0.6 is 0 Å². The molecule has 0 spiro atoms. The Morgan fingerprint density at radius 2 is 1.82 bits per heavy atom. The molecule has 0 aliphatic rings. The van der Waals surface area contributed by atoms with Crippen molar-refractivity contribution in [1.29, 1.82) is 0 Å².